The molecule has 0 spiro atoms. The molecule has 3 rings (SSSR count). The van der Waals surface area contributed by atoms with Gasteiger partial charge < -0.3 is 14.5 Å². The molecule has 0 saturated carbocycles. The van der Waals surface area contributed by atoms with E-state index in [1.54, 1.807) is 29.2 Å². The number of halogens is 2. The third-order valence-corrected chi connectivity index (χ3v) is 4.47. The van der Waals surface area contributed by atoms with Gasteiger partial charge in [-0.15, -0.1) is 0 Å². The molecule has 1 aliphatic rings. The molecule has 0 saturated heterocycles. The molecular formula is C20H20ClFN2O3. The van der Waals surface area contributed by atoms with Gasteiger partial charge in [0.1, 0.15) is 12.4 Å². The molecule has 142 valence electrons. The van der Waals surface area contributed by atoms with E-state index in [0.717, 1.165) is 11.3 Å². The maximum atomic E-state index is 13.5. The van der Waals surface area contributed by atoms with Crippen molar-refractivity contribution >= 4 is 23.2 Å². The lowest BCUT2D eigenvalue weighted by atomic mass is 10.0. The summed E-state index contributed by atoms with van der Waals surface area (Å²) in [6.45, 7) is 0.558. The number of nitrogens with zero attached hydrogens (tertiary/aromatic N) is 2. The third kappa shape index (κ3) is 5.28. The van der Waals surface area contributed by atoms with Gasteiger partial charge in [0, 0.05) is 25.1 Å². The predicted octanol–water partition coefficient (Wildman–Crippen LogP) is 3.65. The molecule has 27 heavy (non-hydrogen) atoms. The highest BCUT2D eigenvalue weighted by Crippen LogP contribution is 2.20. The summed E-state index contributed by atoms with van der Waals surface area (Å²) < 4.78 is 18.4. The zero-order valence-corrected chi connectivity index (χ0v) is 15.7. The Balaban J connectivity index is 1.66. The van der Waals surface area contributed by atoms with Gasteiger partial charge in [-0.05, 0) is 35.4 Å². The molecule has 5 nitrogen and oxygen atoms in total. The second-order valence-corrected chi connectivity index (χ2v) is 6.75. The first-order valence-corrected chi connectivity index (χ1v) is 8.92. The molecule has 1 atom stereocenters. The highest BCUT2D eigenvalue weighted by Gasteiger charge is 2.27. The number of hydrogen-bond acceptors (Lipinski definition) is 4. The molecule has 1 aliphatic heterocycles. The molecule has 7 heteroatoms. The summed E-state index contributed by atoms with van der Waals surface area (Å²) in [4.78, 5) is 19.5. The summed E-state index contributed by atoms with van der Waals surface area (Å²) in [5.41, 5.74) is 2.44. The zero-order valence-electron chi connectivity index (χ0n) is 14.9. The standard InChI is InChI=1S/C20H20ClFN2O3/c1-26-13-20(25)24(11-14-3-2-4-17(22)9-14)12-18-10-19(23-27-18)15-5-7-16(21)8-6-15/h2-9,18H,10-13H2,1H3/t18-/m0/s1. The maximum Gasteiger partial charge on any atom is 0.248 e. The third-order valence-electron chi connectivity index (χ3n) is 4.22. The number of carbonyl (C=O) groups is 1. The van der Waals surface area contributed by atoms with E-state index in [9.17, 15) is 9.18 Å². The highest BCUT2D eigenvalue weighted by molar-refractivity contribution is 6.30. The molecule has 1 amide bonds. The molecule has 1 heterocycles. The van der Waals surface area contributed by atoms with E-state index in [1.165, 1.54) is 19.2 Å². The molecule has 0 N–H and O–H groups in total. The summed E-state index contributed by atoms with van der Waals surface area (Å²) in [5.74, 6) is -0.526. The van der Waals surface area contributed by atoms with Crippen LogP contribution in [0.4, 0.5) is 4.39 Å². The van der Waals surface area contributed by atoms with Gasteiger partial charge in [0.15, 0.2) is 6.10 Å². The van der Waals surface area contributed by atoms with Crippen molar-refractivity contribution in [3.63, 3.8) is 0 Å². The van der Waals surface area contributed by atoms with E-state index in [4.69, 9.17) is 21.2 Å². The number of benzene rings is 2. The van der Waals surface area contributed by atoms with Crippen LogP contribution in [0.5, 0.6) is 0 Å². The number of rotatable bonds is 7. The van der Waals surface area contributed by atoms with Gasteiger partial charge in [0.25, 0.3) is 0 Å². The topological polar surface area (TPSA) is 51.1 Å². The van der Waals surface area contributed by atoms with Gasteiger partial charge in [0.05, 0.1) is 12.3 Å². The lowest BCUT2D eigenvalue weighted by molar-refractivity contribution is -0.137. The van der Waals surface area contributed by atoms with Gasteiger partial charge in [-0.25, -0.2) is 4.39 Å². The average molecular weight is 391 g/mol. The van der Waals surface area contributed by atoms with E-state index in [2.05, 4.69) is 5.16 Å². The second kappa shape index (κ2) is 8.97. The fourth-order valence-corrected chi connectivity index (χ4v) is 3.04. The summed E-state index contributed by atoms with van der Waals surface area (Å²) in [5, 5.41) is 4.79. The molecule has 0 fully saturated rings. The van der Waals surface area contributed by atoms with E-state index in [-0.39, 0.29) is 31.0 Å². The first kappa shape index (κ1) is 19.3. The largest absolute Gasteiger partial charge is 0.390 e. The van der Waals surface area contributed by atoms with Crippen molar-refractivity contribution in [2.75, 3.05) is 20.3 Å². The van der Waals surface area contributed by atoms with E-state index in [1.807, 2.05) is 12.1 Å². The second-order valence-electron chi connectivity index (χ2n) is 6.31. The average Bonchev–Trinajstić information content (AvgIpc) is 3.10. The van der Waals surface area contributed by atoms with Crippen LogP contribution in [0.2, 0.25) is 5.02 Å². The molecular weight excluding hydrogens is 371 g/mol. The van der Waals surface area contributed by atoms with E-state index in [0.29, 0.717) is 23.6 Å². The number of hydrogen-bond donors (Lipinski definition) is 0. The normalized spacial score (nSPS) is 16.0. The SMILES string of the molecule is COCC(=O)N(Cc1cccc(F)c1)C[C@@H]1CC(c2ccc(Cl)cc2)=NO1. The Morgan fingerprint density at radius 3 is 2.81 bits per heavy atom. The summed E-state index contributed by atoms with van der Waals surface area (Å²) in [6.07, 6.45) is 0.298. The van der Waals surface area contributed by atoms with Crippen LogP contribution in [0, 0.1) is 5.82 Å². The Morgan fingerprint density at radius 1 is 1.33 bits per heavy atom. The van der Waals surface area contributed by atoms with Crippen LogP contribution in [0.15, 0.2) is 53.7 Å². The monoisotopic (exact) mass is 390 g/mol. The van der Waals surface area contributed by atoms with Crippen LogP contribution in [0.3, 0.4) is 0 Å². The minimum absolute atomic E-state index is 0.0487. The Kier molecular flexibility index (Phi) is 6.42. The first-order chi connectivity index (χ1) is 13.0. The Bertz CT molecular complexity index is 826. The Hall–Kier alpha value is -2.44. The number of oxime groups is 1. The van der Waals surface area contributed by atoms with Crippen LogP contribution < -0.4 is 0 Å². The summed E-state index contributed by atoms with van der Waals surface area (Å²) >= 11 is 5.91. The minimum Gasteiger partial charge on any atom is -0.390 e. The van der Waals surface area contributed by atoms with Gasteiger partial charge in [-0.2, -0.15) is 0 Å². The van der Waals surface area contributed by atoms with Crippen molar-refractivity contribution in [2.24, 2.45) is 5.16 Å². The van der Waals surface area contributed by atoms with Gasteiger partial charge in [0.2, 0.25) is 5.91 Å². The quantitative estimate of drug-likeness (QED) is 0.725. The van der Waals surface area contributed by atoms with Crippen LogP contribution >= 0.6 is 11.6 Å². The molecule has 2 aromatic carbocycles. The smallest absolute Gasteiger partial charge is 0.248 e. The van der Waals surface area contributed by atoms with Gasteiger partial charge in [-0.3, -0.25) is 4.79 Å². The van der Waals surface area contributed by atoms with Crippen molar-refractivity contribution in [2.45, 2.75) is 19.1 Å². The number of carbonyl (C=O) groups excluding carboxylic acids is 1. The molecule has 0 bridgehead atoms. The van der Waals surface area contributed by atoms with Crippen molar-refractivity contribution in [3.05, 3.63) is 70.5 Å². The molecule has 0 radical (unpaired) electrons. The predicted molar refractivity (Wildman–Crippen MR) is 101 cm³/mol. The fraction of sp³-hybridized carbons (Fsp3) is 0.300. The van der Waals surface area contributed by atoms with Crippen molar-refractivity contribution in [1.82, 2.24) is 4.90 Å². The molecule has 0 aromatic heterocycles. The van der Waals surface area contributed by atoms with Crippen LogP contribution in [-0.2, 0) is 20.9 Å². The van der Waals surface area contributed by atoms with Crippen molar-refractivity contribution in [1.29, 1.82) is 0 Å². The van der Waals surface area contributed by atoms with Gasteiger partial charge >= 0.3 is 0 Å². The van der Waals surface area contributed by atoms with Crippen LogP contribution in [0.1, 0.15) is 17.5 Å². The van der Waals surface area contributed by atoms with Crippen LogP contribution in [0.25, 0.3) is 0 Å². The van der Waals surface area contributed by atoms with Crippen LogP contribution in [-0.4, -0.2) is 42.9 Å². The molecule has 2 aromatic rings. The Morgan fingerprint density at radius 2 is 2.11 bits per heavy atom. The highest BCUT2D eigenvalue weighted by atomic mass is 35.5. The van der Waals surface area contributed by atoms with E-state index < -0.39 is 0 Å². The lowest BCUT2D eigenvalue weighted by Crippen LogP contribution is -2.39. The zero-order chi connectivity index (χ0) is 19.2. The van der Waals surface area contributed by atoms with E-state index >= 15 is 0 Å². The minimum atomic E-state index is -0.336. The fourth-order valence-electron chi connectivity index (χ4n) is 2.91. The lowest BCUT2D eigenvalue weighted by Gasteiger charge is -2.24. The molecule has 0 aliphatic carbocycles. The summed E-state index contributed by atoms with van der Waals surface area (Å²) in [7, 11) is 1.46. The molecule has 0 unspecified atom stereocenters. The van der Waals surface area contributed by atoms with Crippen molar-refractivity contribution < 1.29 is 18.8 Å². The number of ether oxygens (including phenoxy) is 1. The first-order valence-electron chi connectivity index (χ1n) is 8.55. The van der Waals surface area contributed by atoms with Crippen molar-refractivity contribution in [3.8, 4) is 0 Å². The number of methoxy groups -OCH3 is 1. The number of amides is 1. The maximum absolute atomic E-state index is 13.5. The summed E-state index contributed by atoms with van der Waals surface area (Å²) in [6, 6.07) is 13.5. The Labute approximate surface area is 162 Å². The van der Waals surface area contributed by atoms with Gasteiger partial charge in [-0.1, -0.05) is 41.0 Å².